The van der Waals surface area contributed by atoms with Gasteiger partial charge in [0, 0.05) is 31.6 Å². The Balaban J connectivity index is 0.00000210. The van der Waals surface area contributed by atoms with Crippen molar-refractivity contribution in [3.8, 4) is 0 Å². The van der Waals surface area contributed by atoms with Crippen LogP contribution in [0.1, 0.15) is 31.2 Å². The number of carbonyl (C=O) groups excluding carboxylic acids is 2. The van der Waals surface area contributed by atoms with Crippen LogP contribution in [-0.2, 0) is 9.59 Å². The number of amides is 2. The number of nitrogens with one attached hydrogen (secondary N) is 2. The van der Waals surface area contributed by atoms with E-state index in [1.54, 1.807) is 6.08 Å². The van der Waals surface area contributed by atoms with E-state index < -0.39 is 0 Å². The predicted octanol–water partition coefficient (Wildman–Crippen LogP) is 2.23. The Hall–Kier alpha value is -1.85. The monoisotopic (exact) mass is 389 g/mol. The number of benzene rings is 1. The lowest BCUT2D eigenvalue weighted by atomic mass is 9.72. The highest BCUT2D eigenvalue weighted by Gasteiger charge is 2.47. The topological polar surface area (TPSA) is 61.4 Å². The second-order valence-electron chi connectivity index (χ2n) is 7.73. The third-order valence-electron chi connectivity index (χ3n) is 6.11. The van der Waals surface area contributed by atoms with E-state index in [1.165, 1.54) is 6.42 Å². The maximum atomic E-state index is 12.6. The molecule has 3 aliphatic rings. The van der Waals surface area contributed by atoms with E-state index in [0.29, 0.717) is 30.8 Å². The van der Waals surface area contributed by atoms with Crippen molar-refractivity contribution in [1.29, 1.82) is 0 Å². The van der Waals surface area contributed by atoms with Crippen molar-refractivity contribution < 1.29 is 9.59 Å². The Labute approximate surface area is 167 Å². The Morgan fingerprint density at radius 1 is 1.22 bits per heavy atom. The largest absolute Gasteiger partial charge is 0.350 e. The highest BCUT2D eigenvalue weighted by Crippen LogP contribution is 2.39. The fraction of sp³-hybridized carbons (Fsp3) is 0.524. The number of nitrogens with zero attached hydrogens (tertiary/aromatic N) is 1. The van der Waals surface area contributed by atoms with Gasteiger partial charge in [0.25, 0.3) is 0 Å². The van der Waals surface area contributed by atoms with Gasteiger partial charge in [-0.3, -0.25) is 9.59 Å². The number of piperidine rings is 3. The molecule has 4 atom stereocenters. The average Bonchev–Trinajstić information content (AvgIpc) is 2.68. The molecule has 3 saturated heterocycles. The standard InChI is InChI=1S/C21H27N3O2.ClH/c25-20(10-9-15-5-2-1-3-6-15)23-14-19-17-11-16(12-22-13-17)18-7-4-8-21(26)24(18)19;/h1-3,5-6,9-10,16-19,22H,4,7-8,11-14H2,(H,23,25);1H/b10-9+;/t16-,17+,18+,19+;/m1./s1. The second-order valence-corrected chi connectivity index (χ2v) is 7.73. The van der Waals surface area contributed by atoms with Gasteiger partial charge >= 0.3 is 0 Å². The lowest BCUT2D eigenvalue weighted by Gasteiger charge is -2.54. The minimum absolute atomic E-state index is 0. The first-order chi connectivity index (χ1) is 12.7. The van der Waals surface area contributed by atoms with E-state index in [2.05, 4.69) is 15.5 Å². The summed E-state index contributed by atoms with van der Waals surface area (Å²) in [4.78, 5) is 27.0. The van der Waals surface area contributed by atoms with Crippen LogP contribution in [0, 0.1) is 11.8 Å². The molecule has 4 rings (SSSR count). The van der Waals surface area contributed by atoms with Crippen LogP contribution in [0.5, 0.6) is 0 Å². The van der Waals surface area contributed by atoms with Gasteiger partial charge in [-0.1, -0.05) is 30.3 Å². The summed E-state index contributed by atoms with van der Waals surface area (Å²) in [5.74, 6) is 1.19. The van der Waals surface area contributed by atoms with E-state index in [9.17, 15) is 9.59 Å². The number of hydrogen-bond acceptors (Lipinski definition) is 3. The number of rotatable bonds is 4. The summed E-state index contributed by atoms with van der Waals surface area (Å²) in [6, 6.07) is 10.3. The number of halogens is 1. The van der Waals surface area contributed by atoms with Crippen LogP contribution in [0.15, 0.2) is 36.4 Å². The van der Waals surface area contributed by atoms with Gasteiger partial charge in [0.1, 0.15) is 0 Å². The van der Waals surface area contributed by atoms with Gasteiger partial charge < -0.3 is 15.5 Å². The molecule has 1 aromatic rings. The van der Waals surface area contributed by atoms with Gasteiger partial charge in [-0.2, -0.15) is 0 Å². The van der Waals surface area contributed by atoms with Gasteiger partial charge in [-0.25, -0.2) is 0 Å². The lowest BCUT2D eigenvalue weighted by Crippen LogP contribution is -2.66. The Bertz CT molecular complexity index is 694. The molecule has 2 amide bonds. The van der Waals surface area contributed by atoms with Gasteiger partial charge in [0.15, 0.2) is 0 Å². The SMILES string of the molecule is Cl.O=C(/C=C/c1ccccc1)NC[C@H]1[C@@H]2CNC[C@@H](C2)[C@@H]2CCCC(=O)N21. The van der Waals surface area contributed by atoms with Crippen LogP contribution in [0.3, 0.4) is 0 Å². The molecule has 3 heterocycles. The van der Waals surface area contributed by atoms with Gasteiger partial charge in [0.2, 0.25) is 11.8 Å². The summed E-state index contributed by atoms with van der Waals surface area (Å²) in [6.07, 6.45) is 7.33. The van der Waals surface area contributed by atoms with Crippen LogP contribution in [-0.4, -0.2) is 48.4 Å². The molecule has 0 radical (unpaired) electrons. The first-order valence-corrected chi connectivity index (χ1v) is 9.75. The normalized spacial score (nSPS) is 29.8. The molecule has 0 spiro atoms. The van der Waals surface area contributed by atoms with Crippen molar-refractivity contribution in [3.63, 3.8) is 0 Å². The third kappa shape index (κ3) is 4.36. The van der Waals surface area contributed by atoms with E-state index >= 15 is 0 Å². The van der Waals surface area contributed by atoms with Gasteiger partial charge in [-0.15, -0.1) is 12.4 Å². The molecule has 0 unspecified atom stereocenters. The molecule has 3 aliphatic heterocycles. The molecule has 6 heteroatoms. The number of fused-ring (bicyclic) bond motifs is 4. The minimum atomic E-state index is -0.0965. The van der Waals surface area contributed by atoms with Crippen molar-refractivity contribution >= 4 is 30.3 Å². The average molecular weight is 390 g/mol. The zero-order valence-electron chi connectivity index (χ0n) is 15.5. The molecule has 5 nitrogen and oxygen atoms in total. The third-order valence-corrected chi connectivity index (χ3v) is 6.11. The highest BCUT2D eigenvalue weighted by molar-refractivity contribution is 5.91. The Morgan fingerprint density at radius 3 is 2.81 bits per heavy atom. The van der Waals surface area contributed by atoms with E-state index in [4.69, 9.17) is 0 Å². The summed E-state index contributed by atoms with van der Waals surface area (Å²) in [5.41, 5.74) is 1.01. The molecule has 27 heavy (non-hydrogen) atoms. The van der Waals surface area contributed by atoms with Gasteiger partial charge in [-0.05, 0) is 49.3 Å². The molecule has 0 aliphatic carbocycles. The van der Waals surface area contributed by atoms with Gasteiger partial charge in [0.05, 0.1) is 6.04 Å². The van der Waals surface area contributed by atoms with E-state index in [-0.39, 0.29) is 30.3 Å². The summed E-state index contributed by atoms with van der Waals surface area (Å²) in [6.45, 7) is 2.50. The smallest absolute Gasteiger partial charge is 0.244 e. The summed E-state index contributed by atoms with van der Waals surface area (Å²) < 4.78 is 0. The molecule has 0 aromatic heterocycles. The van der Waals surface area contributed by atoms with Crippen molar-refractivity contribution in [2.75, 3.05) is 19.6 Å². The summed E-state index contributed by atoms with van der Waals surface area (Å²) >= 11 is 0. The molecular weight excluding hydrogens is 362 g/mol. The maximum absolute atomic E-state index is 12.6. The molecule has 1 aromatic carbocycles. The number of hydrogen-bond donors (Lipinski definition) is 2. The fourth-order valence-corrected chi connectivity index (χ4v) is 4.90. The first-order valence-electron chi connectivity index (χ1n) is 9.75. The zero-order chi connectivity index (χ0) is 17.9. The molecule has 146 valence electrons. The molecular formula is C21H28ClN3O2. The zero-order valence-corrected chi connectivity index (χ0v) is 16.3. The maximum Gasteiger partial charge on any atom is 0.244 e. The lowest BCUT2D eigenvalue weighted by molar-refractivity contribution is -0.149. The van der Waals surface area contributed by atoms with Crippen molar-refractivity contribution in [2.45, 2.75) is 37.8 Å². The quantitative estimate of drug-likeness (QED) is 0.776. The van der Waals surface area contributed by atoms with E-state index in [0.717, 1.165) is 31.5 Å². The summed E-state index contributed by atoms with van der Waals surface area (Å²) in [5, 5.41) is 6.57. The summed E-state index contributed by atoms with van der Waals surface area (Å²) in [7, 11) is 0. The first kappa shape index (κ1) is 19.9. The molecule has 3 fully saturated rings. The molecule has 2 N–H and O–H groups in total. The number of carbonyl (C=O) groups is 2. The van der Waals surface area contributed by atoms with Crippen molar-refractivity contribution in [3.05, 3.63) is 42.0 Å². The van der Waals surface area contributed by atoms with Crippen molar-refractivity contribution in [1.82, 2.24) is 15.5 Å². The fourth-order valence-electron chi connectivity index (χ4n) is 4.90. The van der Waals surface area contributed by atoms with Crippen LogP contribution in [0.2, 0.25) is 0 Å². The Morgan fingerprint density at radius 2 is 2.00 bits per heavy atom. The molecule has 2 bridgehead atoms. The van der Waals surface area contributed by atoms with Crippen LogP contribution < -0.4 is 10.6 Å². The predicted molar refractivity (Wildman–Crippen MR) is 108 cm³/mol. The van der Waals surface area contributed by atoms with Crippen LogP contribution in [0.4, 0.5) is 0 Å². The van der Waals surface area contributed by atoms with Crippen LogP contribution >= 0.6 is 12.4 Å². The van der Waals surface area contributed by atoms with Crippen LogP contribution in [0.25, 0.3) is 6.08 Å². The Kier molecular flexibility index (Phi) is 6.55. The highest BCUT2D eigenvalue weighted by atomic mass is 35.5. The second kappa shape index (κ2) is 8.89. The van der Waals surface area contributed by atoms with Crippen molar-refractivity contribution in [2.24, 2.45) is 11.8 Å². The molecule has 0 saturated carbocycles. The van der Waals surface area contributed by atoms with E-state index in [1.807, 2.05) is 36.4 Å². The minimum Gasteiger partial charge on any atom is -0.350 e.